The highest BCUT2D eigenvalue weighted by Gasteiger charge is 2.29. The van der Waals surface area contributed by atoms with Crippen LogP contribution < -0.4 is 0 Å². The molecule has 18 heavy (non-hydrogen) atoms. The van der Waals surface area contributed by atoms with Crippen molar-refractivity contribution < 1.29 is 0 Å². The third-order valence-corrected chi connectivity index (χ3v) is 6.79. The van der Waals surface area contributed by atoms with Gasteiger partial charge in [-0.25, -0.2) is 0 Å². The Kier molecular flexibility index (Phi) is 5.62. The quantitative estimate of drug-likeness (QED) is 0.381. The lowest BCUT2D eigenvalue weighted by atomic mass is 9.85. The van der Waals surface area contributed by atoms with E-state index >= 15 is 0 Å². The van der Waals surface area contributed by atoms with Crippen LogP contribution in [0.25, 0.3) is 0 Å². The monoisotopic (exact) mass is 326 g/mol. The maximum absolute atomic E-state index is 3.78. The Balaban J connectivity index is 2.00. The molecule has 0 spiro atoms. The zero-order chi connectivity index (χ0) is 12.8. The minimum Gasteiger partial charge on any atom is -0.125 e. The predicted molar refractivity (Wildman–Crippen MR) is 85.8 cm³/mol. The molecule has 2 heteroatoms. The van der Waals surface area contributed by atoms with Gasteiger partial charge in [-0.2, -0.15) is 0 Å². The van der Waals surface area contributed by atoms with Gasteiger partial charge in [-0.15, -0.1) is 11.8 Å². The normalized spacial score (nSPS) is 19.4. The number of benzene rings is 1. The van der Waals surface area contributed by atoms with Crippen LogP contribution in [-0.2, 0) is 0 Å². The summed E-state index contributed by atoms with van der Waals surface area (Å²) < 4.78 is 0. The third kappa shape index (κ3) is 3.77. The molecule has 0 amide bonds. The van der Waals surface area contributed by atoms with E-state index < -0.39 is 0 Å². The van der Waals surface area contributed by atoms with Crippen molar-refractivity contribution in [3.05, 3.63) is 29.8 Å². The summed E-state index contributed by atoms with van der Waals surface area (Å²) in [6.07, 6.45) is 8.50. The molecule has 0 N–H and O–H groups in total. The van der Waals surface area contributed by atoms with E-state index in [1.165, 1.54) is 60.1 Å². The Morgan fingerprint density at radius 3 is 2.39 bits per heavy atom. The second-order valence-corrected chi connectivity index (χ2v) is 7.18. The summed E-state index contributed by atoms with van der Waals surface area (Å²) in [7, 11) is 0. The zero-order valence-corrected chi connectivity index (χ0v) is 13.7. The summed E-state index contributed by atoms with van der Waals surface area (Å²) in [6.45, 7) is 2.22. The van der Waals surface area contributed by atoms with Gasteiger partial charge in [0.1, 0.15) is 0 Å². The molecule has 0 bridgehead atoms. The molecular formula is C16H23BrS. The minimum absolute atomic E-state index is 0.531. The van der Waals surface area contributed by atoms with E-state index in [0.29, 0.717) is 5.41 Å². The average Bonchev–Trinajstić information content (AvgIpc) is 2.64. The van der Waals surface area contributed by atoms with Crippen molar-refractivity contribution in [2.75, 3.05) is 11.1 Å². The van der Waals surface area contributed by atoms with Gasteiger partial charge >= 0.3 is 0 Å². The molecule has 1 aliphatic carbocycles. The summed E-state index contributed by atoms with van der Waals surface area (Å²) in [6, 6.07) is 8.77. The highest BCUT2D eigenvalue weighted by molar-refractivity contribution is 9.09. The summed E-state index contributed by atoms with van der Waals surface area (Å²) in [5, 5.41) is 1.17. The Hall–Kier alpha value is 0.0500. The van der Waals surface area contributed by atoms with Crippen molar-refractivity contribution in [2.45, 2.75) is 50.3 Å². The first-order chi connectivity index (χ1) is 8.76. The first-order valence-corrected chi connectivity index (χ1v) is 9.11. The number of hydrogen-bond donors (Lipinski definition) is 0. The second kappa shape index (κ2) is 7.00. The molecule has 1 saturated carbocycles. The molecule has 2 rings (SSSR count). The summed E-state index contributed by atoms with van der Waals surface area (Å²) in [4.78, 5) is 1.46. The fourth-order valence-electron chi connectivity index (χ4n) is 2.74. The summed E-state index contributed by atoms with van der Waals surface area (Å²) in [5.41, 5.74) is 1.95. The van der Waals surface area contributed by atoms with Gasteiger partial charge in [0.25, 0.3) is 0 Å². The lowest BCUT2D eigenvalue weighted by molar-refractivity contribution is 0.334. The summed E-state index contributed by atoms with van der Waals surface area (Å²) >= 11 is 5.84. The van der Waals surface area contributed by atoms with Crippen molar-refractivity contribution >= 4 is 27.7 Å². The van der Waals surface area contributed by atoms with E-state index in [1.807, 2.05) is 0 Å². The van der Waals surface area contributed by atoms with Crippen LogP contribution in [0, 0.1) is 12.3 Å². The number of hydrogen-bond acceptors (Lipinski definition) is 1. The van der Waals surface area contributed by atoms with Gasteiger partial charge in [0.2, 0.25) is 0 Å². The van der Waals surface area contributed by atoms with Crippen LogP contribution in [0.15, 0.2) is 29.2 Å². The van der Waals surface area contributed by atoms with E-state index in [2.05, 4.69) is 58.9 Å². The maximum Gasteiger partial charge on any atom is 0.0101 e. The highest BCUT2D eigenvalue weighted by atomic mass is 79.9. The number of thioether (sulfide) groups is 1. The van der Waals surface area contributed by atoms with Gasteiger partial charge in [0.05, 0.1) is 0 Å². The number of aryl methyl sites for hydroxylation is 1. The van der Waals surface area contributed by atoms with E-state index in [9.17, 15) is 0 Å². The standard InChI is InChI=1S/C16H23BrS/c1-14-8-4-5-9-15(14)18-13-16(12-17)10-6-2-3-7-11-16/h4-5,8-9H,2-3,6-7,10-13H2,1H3. The fourth-order valence-corrected chi connectivity index (χ4v) is 5.09. The van der Waals surface area contributed by atoms with Crippen LogP contribution in [0.5, 0.6) is 0 Å². The molecule has 0 saturated heterocycles. The van der Waals surface area contributed by atoms with Crippen LogP contribution >= 0.6 is 27.7 Å². The first-order valence-electron chi connectivity index (χ1n) is 7.00. The SMILES string of the molecule is Cc1ccccc1SCC1(CBr)CCCCCC1. The molecule has 0 atom stereocenters. The fraction of sp³-hybridized carbons (Fsp3) is 0.625. The molecule has 0 aromatic heterocycles. The molecular weight excluding hydrogens is 304 g/mol. The largest absolute Gasteiger partial charge is 0.125 e. The number of rotatable bonds is 4. The number of halogens is 1. The molecule has 0 radical (unpaired) electrons. The van der Waals surface area contributed by atoms with Crippen LogP contribution in [-0.4, -0.2) is 11.1 Å². The Morgan fingerprint density at radius 2 is 1.78 bits per heavy atom. The molecule has 0 heterocycles. The van der Waals surface area contributed by atoms with Crippen molar-refractivity contribution in [3.8, 4) is 0 Å². The van der Waals surface area contributed by atoms with Crippen LogP contribution in [0.4, 0.5) is 0 Å². The molecule has 1 aromatic carbocycles. The Labute approximate surface area is 124 Å². The van der Waals surface area contributed by atoms with Crippen molar-refractivity contribution in [2.24, 2.45) is 5.41 Å². The lowest BCUT2D eigenvalue weighted by Gasteiger charge is -2.30. The maximum atomic E-state index is 3.78. The van der Waals surface area contributed by atoms with E-state index in [0.717, 1.165) is 0 Å². The van der Waals surface area contributed by atoms with E-state index in [1.54, 1.807) is 0 Å². The molecule has 1 aliphatic rings. The summed E-state index contributed by atoms with van der Waals surface area (Å²) in [5.74, 6) is 1.27. The van der Waals surface area contributed by atoms with Gasteiger partial charge < -0.3 is 0 Å². The molecule has 0 nitrogen and oxygen atoms in total. The van der Waals surface area contributed by atoms with Crippen molar-refractivity contribution in [1.29, 1.82) is 0 Å². The predicted octanol–water partition coefficient (Wildman–Crippen LogP) is 5.82. The number of alkyl halides is 1. The molecule has 1 fully saturated rings. The van der Waals surface area contributed by atoms with Gasteiger partial charge in [-0.3, -0.25) is 0 Å². The van der Waals surface area contributed by atoms with Gasteiger partial charge in [0.15, 0.2) is 0 Å². The molecule has 0 unspecified atom stereocenters. The van der Waals surface area contributed by atoms with E-state index in [-0.39, 0.29) is 0 Å². The lowest BCUT2D eigenvalue weighted by Crippen LogP contribution is -2.25. The average molecular weight is 327 g/mol. The van der Waals surface area contributed by atoms with Crippen LogP contribution in [0.2, 0.25) is 0 Å². The molecule has 100 valence electrons. The second-order valence-electron chi connectivity index (χ2n) is 5.60. The van der Waals surface area contributed by atoms with Crippen LogP contribution in [0.1, 0.15) is 44.1 Å². The van der Waals surface area contributed by atoms with Crippen molar-refractivity contribution in [3.63, 3.8) is 0 Å². The molecule has 1 aromatic rings. The molecule has 0 aliphatic heterocycles. The third-order valence-electron chi connectivity index (χ3n) is 4.08. The topological polar surface area (TPSA) is 0 Å². The Morgan fingerprint density at radius 1 is 1.11 bits per heavy atom. The van der Waals surface area contributed by atoms with Gasteiger partial charge in [0, 0.05) is 16.0 Å². The Bertz CT molecular complexity index is 367. The van der Waals surface area contributed by atoms with Crippen LogP contribution in [0.3, 0.4) is 0 Å². The van der Waals surface area contributed by atoms with Crippen molar-refractivity contribution in [1.82, 2.24) is 0 Å². The minimum atomic E-state index is 0.531. The van der Waals surface area contributed by atoms with Gasteiger partial charge in [-0.05, 0) is 36.8 Å². The van der Waals surface area contributed by atoms with E-state index in [4.69, 9.17) is 0 Å². The zero-order valence-electron chi connectivity index (χ0n) is 11.3. The first kappa shape index (κ1) is 14.5. The smallest absolute Gasteiger partial charge is 0.0101 e. The highest BCUT2D eigenvalue weighted by Crippen LogP contribution is 2.41. The van der Waals surface area contributed by atoms with Gasteiger partial charge in [-0.1, -0.05) is 59.8 Å².